The molecule has 0 radical (unpaired) electrons. The topological polar surface area (TPSA) is 96.0 Å². The van der Waals surface area contributed by atoms with Crippen molar-refractivity contribution < 1.29 is 0 Å². The summed E-state index contributed by atoms with van der Waals surface area (Å²) in [6.07, 6.45) is 12.3. The first-order valence-electron chi connectivity index (χ1n) is 7.25. The fourth-order valence-electron chi connectivity index (χ4n) is 1.87. The summed E-state index contributed by atoms with van der Waals surface area (Å²) in [7, 11) is 0. The molecule has 5 aromatic rings. The minimum Gasteiger partial charge on any atom is -0.276 e. The molecule has 0 atom stereocenters. The Labute approximate surface area is 137 Å². The van der Waals surface area contributed by atoms with Gasteiger partial charge in [0.05, 0.1) is 24.1 Å². The molecule has 0 amide bonds. The van der Waals surface area contributed by atoms with Crippen molar-refractivity contribution in [1.29, 1.82) is 0 Å². The van der Waals surface area contributed by atoms with Gasteiger partial charge in [-0.25, -0.2) is 4.98 Å². The van der Waals surface area contributed by atoms with E-state index in [1.54, 1.807) is 43.4 Å². The maximum atomic E-state index is 4.02. The molecule has 0 saturated carbocycles. The standard InChI is InChI=1S/2C6H5N3.C5H5N/c1-2-7-4-6-5(1)3-8-9-6;1-2-5-4-8-9-6(5)7-3-1;1-2-4-6-5-3-1/h1-4H,(H,8,9);1-4H,(H,7,8,9);1-5H. The van der Waals surface area contributed by atoms with Gasteiger partial charge >= 0.3 is 0 Å². The van der Waals surface area contributed by atoms with Crippen LogP contribution < -0.4 is 0 Å². The third-order valence-corrected chi connectivity index (χ3v) is 3.02. The normalized spacial score (nSPS) is 9.67. The van der Waals surface area contributed by atoms with E-state index in [0.717, 1.165) is 21.9 Å². The average Bonchev–Trinajstić information content (AvgIpc) is 3.33. The highest BCUT2D eigenvalue weighted by Gasteiger charge is 1.90. The molecule has 7 nitrogen and oxygen atoms in total. The molecule has 0 aliphatic rings. The zero-order chi connectivity index (χ0) is 16.5. The number of pyridine rings is 3. The molecular weight excluding hydrogens is 302 g/mol. The summed E-state index contributed by atoms with van der Waals surface area (Å²) < 4.78 is 0. The van der Waals surface area contributed by atoms with E-state index >= 15 is 0 Å². The first-order valence-corrected chi connectivity index (χ1v) is 7.25. The molecule has 0 saturated heterocycles. The van der Waals surface area contributed by atoms with E-state index in [0.29, 0.717) is 0 Å². The maximum absolute atomic E-state index is 4.02. The molecule has 0 spiro atoms. The Balaban J connectivity index is 0.000000108. The predicted molar refractivity (Wildman–Crippen MR) is 92.0 cm³/mol. The lowest BCUT2D eigenvalue weighted by atomic mass is 10.3. The van der Waals surface area contributed by atoms with Crippen LogP contribution in [0.1, 0.15) is 0 Å². The number of H-pyrrole nitrogens is 2. The first kappa shape index (κ1) is 15.3. The summed E-state index contributed by atoms with van der Waals surface area (Å²) in [6, 6.07) is 11.5. The van der Waals surface area contributed by atoms with Crippen molar-refractivity contribution >= 4 is 21.9 Å². The number of fused-ring (bicyclic) bond motifs is 2. The molecular formula is C17H15N7. The van der Waals surface area contributed by atoms with Gasteiger partial charge in [0.2, 0.25) is 0 Å². The van der Waals surface area contributed by atoms with E-state index in [-0.39, 0.29) is 0 Å². The van der Waals surface area contributed by atoms with Crippen LogP contribution in [-0.2, 0) is 0 Å². The fourth-order valence-corrected chi connectivity index (χ4v) is 1.87. The van der Waals surface area contributed by atoms with Gasteiger partial charge < -0.3 is 0 Å². The number of aromatic nitrogens is 7. The van der Waals surface area contributed by atoms with Crippen LogP contribution >= 0.6 is 0 Å². The van der Waals surface area contributed by atoms with E-state index in [1.807, 2.05) is 36.4 Å². The predicted octanol–water partition coefficient (Wildman–Crippen LogP) is 3.00. The van der Waals surface area contributed by atoms with E-state index < -0.39 is 0 Å². The second-order valence-electron chi connectivity index (χ2n) is 4.67. The van der Waals surface area contributed by atoms with E-state index in [2.05, 4.69) is 35.3 Å². The van der Waals surface area contributed by atoms with Crippen LogP contribution in [0, 0.1) is 0 Å². The van der Waals surface area contributed by atoms with Gasteiger partial charge in [0.15, 0.2) is 5.65 Å². The molecule has 118 valence electrons. The lowest BCUT2D eigenvalue weighted by molar-refractivity contribution is 1.10. The van der Waals surface area contributed by atoms with E-state index in [1.165, 1.54) is 0 Å². The summed E-state index contributed by atoms with van der Waals surface area (Å²) in [5.41, 5.74) is 1.83. The number of hydrogen-bond acceptors (Lipinski definition) is 5. The minimum absolute atomic E-state index is 0.845. The number of hydrogen-bond donors (Lipinski definition) is 2. The molecule has 0 aliphatic heterocycles. The van der Waals surface area contributed by atoms with Crippen LogP contribution in [0.4, 0.5) is 0 Å². The van der Waals surface area contributed by atoms with Crippen LogP contribution in [0.5, 0.6) is 0 Å². The zero-order valence-corrected chi connectivity index (χ0v) is 12.7. The molecule has 5 rings (SSSR count). The Morgan fingerprint density at radius 1 is 0.625 bits per heavy atom. The van der Waals surface area contributed by atoms with Gasteiger partial charge in [-0.3, -0.25) is 20.2 Å². The van der Waals surface area contributed by atoms with Gasteiger partial charge in [0.25, 0.3) is 0 Å². The smallest absolute Gasteiger partial charge is 0.155 e. The molecule has 0 aromatic carbocycles. The summed E-state index contributed by atoms with van der Waals surface area (Å²) in [5, 5.41) is 15.4. The van der Waals surface area contributed by atoms with Crippen LogP contribution in [0.15, 0.2) is 79.8 Å². The van der Waals surface area contributed by atoms with Gasteiger partial charge in [0.1, 0.15) is 0 Å². The minimum atomic E-state index is 0.845. The second kappa shape index (κ2) is 8.14. The highest BCUT2D eigenvalue weighted by Crippen LogP contribution is 2.05. The molecule has 0 bridgehead atoms. The summed E-state index contributed by atoms with van der Waals surface area (Å²) >= 11 is 0. The quantitative estimate of drug-likeness (QED) is 0.458. The van der Waals surface area contributed by atoms with Crippen LogP contribution in [0.3, 0.4) is 0 Å². The summed E-state index contributed by atoms with van der Waals surface area (Å²) in [5.74, 6) is 0. The summed E-state index contributed by atoms with van der Waals surface area (Å²) in [6.45, 7) is 0. The maximum Gasteiger partial charge on any atom is 0.155 e. The monoisotopic (exact) mass is 317 g/mol. The zero-order valence-electron chi connectivity index (χ0n) is 12.7. The van der Waals surface area contributed by atoms with Gasteiger partial charge in [-0.15, -0.1) is 0 Å². The second-order valence-corrected chi connectivity index (χ2v) is 4.67. The molecule has 0 unspecified atom stereocenters. The molecule has 7 heteroatoms. The fraction of sp³-hybridized carbons (Fsp3) is 0. The first-order chi connectivity index (χ1) is 11.9. The Morgan fingerprint density at radius 3 is 2.17 bits per heavy atom. The van der Waals surface area contributed by atoms with Crippen molar-refractivity contribution in [1.82, 2.24) is 35.3 Å². The SMILES string of the molecule is c1cc2cn[nH]c2cn1.c1ccncc1.c1cnc2[nH]ncc2c1. The third kappa shape index (κ3) is 4.20. The van der Waals surface area contributed by atoms with Crippen molar-refractivity contribution in [2.24, 2.45) is 0 Å². The Kier molecular flexibility index (Phi) is 5.18. The molecule has 24 heavy (non-hydrogen) atoms. The van der Waals surface area contributed by atoms with E-state index in [9.17, 15) is 0 Å². The molecule has 2 N–H and O–H groups in total. The Hall–Kier alpha value is -3.61. The lowest BCUT2D eigenvalue weighted by Gasteiger charge is -1.80. The van der Waals surface area contributed by atoms with Gasteiger partial charge in [-0.2, -0.15) is 10.2 Å². The van der Waals surface area contributed by atoms with Crippen molar-refractivity contribution in [3.63, 3.8) is 0 Å². The third-order valence-electron chi connectivity index (χ3n) is 3.02. The average molecular weight is 317 g/mol. The number of nitrogens with zero attached hydrogens (tertiary/aromatic N) is 5. The Bertz CT molecular complexity index is 822. The van der Waals surface area contributed by atoms with Crippen molar-refractivity contribution in [3.8, 4) is 0 Å². The van der Waals surface area contributed by atoms with E-state index in [4.69, 9.17) is 0 Å². The van der Waals surface area contributed by atoms with Gasteiger partial charge in [-0.1, -0.05) is 6.07 Å². The van der Waals surface area contributed by atoms with Crippen LogP contribution in [-0.4, -0.2) is 35.3 Å². The largest absolute Gasteiger partial charge is 0.276 e. The molecule has 5 heterocycles. The summed E-state index contributed by atoms with van der Waals surface area (Å²) in [4.78, 5) is 11.7. The highest BCUT2D eigenvalue weighted by molar-refractivity contribution is 5.76. The molecule has 0 fully saturated rings. The van der Waals surface area contributed by atoms with Crippen molar-refractivity contribution in [2.75, 3.05) is 0 Å². The van der Waals surface area contributed by atoms with Crippen molar-refractivity contribution in [2.45, 2.75) is 0 Å². The molecule has 5 aromatic heterocycles. The number of aromatic amines is 2. The van der Waals surface area contributed by atoms with Crippen LogP contribution in [0.2, 0.25) is 0 Å². The van der Waals surface area contributed by atoms with Crippen molar-refractivity contribution in [3.05, 3.63) is 79.8 Å². The van der Waals surface area contributed by atoms with Gasteiger partial charge in [0, 0.05) is 35.6 Å². The highest BCUT2D eigenvalue weighted by atomic mass is 15.1. The number of nitrogens with one attached hydrogen (secondary N) is 2. The van der Waals surface area contributed by atoms with Gasteiger partial charge in [-0.05, 0) is 30.3 Å². The van der Waals surface area contributed by atoms with Crippen LogP contribution in [0.25, 0.3) is 21.9 Å². The number of rotatable bonds is 0. The Morgan fingerprint density at radius 2 is 1.46 bits per heavy atom. The molecule has 0 aliphatic carbocycles. The lowest BCUT2D eigenvalue weighted by Crippen LogP contribution is -1.71.